The highest BCUT2D eigenvalue weighted by atomic mass is 16.7. The number of hydrogen-bond donors (Lipinski definition) is 4. The fourth-order valence-electron chi connectivity index (χ4n) is 6.57. The molecule has 0 spiro atoms. The van der Waals surface area contributed by atoms with Gasteiger partial charge in [-0.1, -0.05) is 88.5 Å². The van der Waals surface area contributed by atoms with Gasteiger partial charge in [0.1, 0.15) is 18.7 Å². The van der Waals surface area contributed by atoms with E-state index in [1.165, 1.54) is 4.90 Å². The van der Waals surface area contributed by atoms with E-state index in [0.717, 1.165) is 19.3 Å². The quantitative estimate of drug-likeness (QED) is 0.171. The van der Waals surface area contributed by atoms with E-state index in [2.05, 4.69) is 16.0 Å². The van der Waals surface area contributed by atoms with Crippen molar-refractivity contribution in [1.82, 2.24) is 20.9 Å². The van der Waals surface area contributed by atoms with Gasteiger partial charge in [0.15, 0.2) is 0 Å². The van der Waals surface area contributed by atoms with E-state index in [-0.39, 0.29) is 47.7 Å². The Morgan fingerprint density at radius 3 is 2.04 bits per heavy atom. The van der Waals surface area contributed by atoms with Gasteiger partial charge in [0.05, 0.1) is 18.7 Å². The maximum absolute atomic E-state index is 14.2. The number of carbonyl (C=O) groups is 6. The zero-order valence-corrected chi connectivity index (χ0v) is 29.9. The summed E-state index contributed by atoms with van der Waals surface area (Å²) in [6.45, 7) is 19.4. The molecule has 0 aromatic carbocycles. The number of nitrogens with two attached hydrogens (primary N) is 1. The Morgan fingerprint density at radius 1 is 0.936 bits per heavy atom. The Labute approximate surface area is 279 Å². The number of ketones is 1. The minimum atomic E-state index is -1.10. The van der Waals surface area contributed by atoms with Crippen LogP contribution in [0.15, 0.2) is 0 Å². The number of Topliss-reactive ketones (excluding diaryl/α,β-unsaturated/α-hetero) is 1. The molecular formula is C34H57N5O8. The highest BCUT2D eigenvalue weighted by molar-refractivity contribution is 6.37. The van der Waals surface area contributed by atoms with Crippen LogP contribution < -0.4 is 21.7 Å². The molecule has 2 saturated carbocycles. The summed E-state index contributed by atoms with van der Waals surface area (Å²) in [5.74, 6) is -2.84. The molecule has 3 aliphatic rings. The molecule has 5 amide bonds. The number of likely N-dealkylation sites (tertiary alicyclic amines) is 1. The number of amides is 5. The van der Waals surface area contributed by atoms with Crippen molar-refractivity contribution in [3.8, 4) is 0 Å². The lowest BCUT2D eigenvalue weighted by molar-refractivity contribution is -0.145. The van der Waals surface area contributed by atoms with E-state index in [9.17, 15) is 28.8 Å². The van der Waals surface area contributed by atoms with Crippen molar-refractivity contribution < 1.29 is 38.2 Å². The summed E-state index contributed by atoms with van der Waals surface area (Å²) in [7, 11) is 0. The average molecular weight is 664 g/mol. The standard InChI is InChI=1S/C34H57N5O8/c1-18(2)22(16-46-31(45)47-17-32(3,4)5)37-30(44)38-26(33(6,7)8)29(43)39-15-20-23(34(20,9)10)24(39)28(42)36-21(25(40)27(35)41)14-19-12-11-13-19/h18-24,26H,11-17H2,1-10H3,(H2,35,41)(H,36,42)(H2,37,38,44)/t20-,21?,22+,23-,24?,26+/m0/s1. The molecule has 13 heteroatoms. The second-order valence-electron chi connectivity index (χ2n) is 16.9. The number of hydrogen-bond acceptors (Lipinski definition) is 8. The van der Waals surface area contributed by atoms with Crippen molar-refractivity contribution >= 4 is 35.7 Å². The minimum Gasteiger partial charge on any atom is -0.434 e. The maximum Gasteiger partial charge on any atom is 0.508 e. The van der Waals surface area contributed by atoms with Crippen molar-refractivity contribution in [3.63, 3.8) is 0 Å². The molecule has 0 aromatic heterocycles. The molecular weight excluding hydrogens is 606 g/mol. The van der Waals surface area contributed by atoms with Gasteiger partial charge in [-0.3, -0.25) is 19.2 Å². The second-order valence-corrected chi connectivity index (χ2v) is 16.9. The molecule has 2 aliphatic carbocycles. The van der Waals surface area contributed by atoms with E-state index in [1.54, 1.807) is 0 Å². The van der Waals surface area contributed by atoms with Gasteiger partial charge in [-0.15, -0.1) is 0 Å². The van der Waals surface area contributed by atoms with Gasteiger partial charge in [-0.05, 0) is 46.3 Å². The topological polar surface area (TPSA) is 186 Å². The smallest absolute Gasteiger partial charge is 0.434 e. The molecule has 0 aromatic rings. The molecule has 13 nitrogen and oxygen atoms in total. The Hall–Kier alpha value is -3.38. The molecule has 1 heterocycles. The van der Waals surface area contributed by atoms with Gasteiger partial charge in [-0.25, -0.2) is 9.59 Å². The number of primary amides is 1. The van der Waals surface area contributed by atoms with Gasteiger partial charge >= 0.3 is 12.2 Å². The first kappa shape index (κ1) is 38.1. The zero-order valence-electron chi connectivity index (χ0n) is 29.9. The molecule has 266 valence electrons. The van der Waals surface area contributed by atoms with E-state index in [4.69, 9.17) is 15.2 Å². The van der Waals surface area contributed by atoms with Gasteiger partial charge in [0.2, 0.25) is 17.6 Å². The average Bonchev–Trinajstić information content (AvgIpc) is 3.24. The molecule has 3 rings (SSSR count). The van der Waals surface area contributed by atoms with E-state index >= 15 is 0 Å². The third kappa shape index (κ3) is 9.59. The Bertz CT molecular complexity index is 1220. The molecule has 1 aliphatic heterocycles. The van der Waals surface area contributed by atoms with E-state index in [0.29, 0.717) is 13.0 Å². The number of nitrogens with zero attached hydrogens (tertiary/aromatic N) is 1. The number of carbonyl (C=O) groups excluding carboxylic acids is 6. The van der Waals surface area contributed by atoms with Crippen LogP contribution in [0.1, 0.15) is 94.9 Å². The third-order valence-electron chi connectivity index (χ3n) is 9.94. The first-order chi connectivity index (χ1) is 21.5. The van der Waals surface area contributed by atoms with E-state index < -0.39 is 65.3 Å². The van der Waals surface area contributed by atoms with E-state index in [1.807, 2.05) is 69.2 Å². The number of piperidine rings is 1. The molecule has 2 unspecified atom stereocenters. The van der Waals surface area contributed by atoms with Crippen molar-refractivity contribution in [2.24, 2.45) is 45.7 Å². The highest BCUT2D eigenvalue weighted by Crippen LogP contribution is 2.65. The van der Waals surface area contributed by atoms with Crippen molar-refractivity contribution in [2.75, 3.05) is 19.8 Å². The van der Waals surface area contributed by atoms with Crippen molar-refractivity contribution in [1.29, 1.82) is 0 Å². The van der Waals surface area contributed by atoms with Crippen LogP contribution in [-0.4, -0.2) is 84.5 Å². The number of ether oxygens (including phenoxy) is 2. The molecule has 5 N–H and O–H groups in total. The number of rotatable bonds is 13. The highest BCUT2D eigenvalue weighted by Gasteiger charge is 2.70. The Balaban J connectivity index is 1.73. The van der Waals surface area contributed by atoms with Crippen LogP contribution in [-0.2, 0) is 28.7 Å². The van der Waals surface area contributed by atoms with Gasteiger partial charge < -0.3 is 36.1 Å². The molecule has 3 fully saturated rings. The van der Waals surface area contributed by atoms with Crippen LogP contribution in [0.4, 0.5) is 9.59 Å². The largest absolute Gasteiger partial charge is 0.508 e. The first-order valence-corrected chi connectivity index (χ1v) is 16.9. The maximum atomic E-state index is 14.2. The first-order valence-electron chi connectivity index (χ1n) is 16.9. The zero-order chi connectivity index (χ0) is 35.6. The molecule has 0 bridgehead atoms. The van der Waals surface area contributed by atoms with Crippen LogP contribution in [0.2, 0.25) is 0 Å². The third-order valence-corrected chi connectivity index (χ3v) is 9.94. The molecule has 6 atom stereocenters. The normalized spacial score (nSPS) is 23.8. The van der Waals surface area contributed by atoms with Crippen LogP contribution in [0, 0.1) is 39.9 Å². The molecule has 1 saturated heterocycles. The Morgan fingerprint density at radius 2 is 1.55 bits per heavy atom. The van der Waals surface area contributed by atoms with Crippen LogP contribution in [0.5, 0.6) is 0 Å². The van der Waals surface area contributed by atoms with Crippen LogP contribution >= 0.6 is 0 Å². The molecule has 0 radical (unpaired) electrons. The van der Waals surface area contributed by atoms with Crippen molar-refractivity contribution in [3.05, 3.63) is 0 Å². The monoisotopic (exact) mass is 663 g/mol. The van der Waals surface area contributed by atoms with Crippen LogP contribution in [0.25, 0.3) is 0 Å². The number of urea groups is 1. The summed E-state index contributed by atoms with van der Waals surface area (Å²) >= 11 is 0. The summed E-state index contributed by atoms with van der Waals surface area (Å²) in [4.78, 5) is 79.6. The van der Waals surface area contributed by atoms with Gasteiger partial charge in [0, 0.05) is 6.54 Å². The lowest BCUT2D eigenvalue weighted by Crippen LogP contribution is -2.62. The summed E-state index contributed by atoms with van der Waals surface area (Å²) in [5.41, 5.74) is 4.15. The van der Waals surface area contributed by atoms with Crippen molar-refractivity contribution in [2.45, 2.75) is 119 Å². The fraction of sp³-hybridized carbons (Fsp3) is 0.824. The summed E-state index contributed by atoms with van der Waals surface area (Å²) < 4.78 is 10.4. The van der Waals surface area contributed by atoms with Gasteiger partial charge in [-0.2, -0.15) is 0 Å². The minimum absolute atomic E-state index is 0.0640. The van der Waals surface area contributed by atoms with Gasteiger partial charge in [0.25, 0.3) is 5.91 Å². The number of fused-ring (bicyclic) bond motifs is 1. The molecule has 47 heavy (non-hydrogen) atoms. The predicted molar refractivity (Wildman–Crippen MR) is 175 cm³/mol. The fourth-order valence-corrected chi connectivity index (χ4v) is 6.57. The second kappa shape index (κ2) is 14.4. The van der Waals surface area contributed by atoms with Crippen LogP contribution in [0.3, 0.4) is 0 Å². The lowest BCUT2D eigenvalue weighted by Gasteiger charge is -2.38. The summed E-state index contributed by atoms with van der Waals surface area (Å²) in [6.07, 6.45) is 2.35. The Kier molecular flexibility index (Phi) is 11.7. The summed E-state index contributed by atoms with van der Waals surface area (Å²) in [5, 5.41) is 8.42. The predicted octanol–water partition coefficient (Wildman–Crippen LogP) is 3.14. The number of nitrogens with one attached hydrogen (secondary N) is 3. The SMILES string of the molecule is CC(C)[C@@H](COC(=O)OCC(C)(C)C)NC(=O)N[C@H](C(=O)N1C[C@H]2[C@@H](C1C(=O)NC(CC1CCC1)C(=O)C(N)=O)C2(C)C)C(C)(C)C. The summed E-state index contributed by atoms with van der Waals surface area (Å²) in [6, 6.07) is -4.13. The lowest BCUT2D eigenvalue weighted by atomic mass is 9.80.